The van der Waals surface area contributed by atoms with Gasteiger partial charge in [-0.1, -0.05) is 20.3 Å². The van der Waals surface area contributed by atoms with Crippen molar-refractivity contribution < 1.29 is 4.79 Å². The summed E-state index contributed by atoms with van der Waals surface area (Å²) in [6.45, 7) is 4.06. The third-order valence-corrected chi connectivity index (χ3v) is 1.41. The molecule has 0 aromatic rings. The zero-order chi connectivity index (χ0) is 7.28. The van der Waals surface area contributed by atoms with E-state index in [4.69, 9.17) is 5.41 Å². The highest BCUT2D eigenvalue weighted by Gasteiger charge is 2.02. The molecule has 0 rings (SSSR count). The minimum absolute atomic E-state index is 0.0654. The van der Waals surface area contributed by atoms with Crippen molar-refractivity contribution in [2.45, 2.75) is 26.7 Å². The van der Waals surface area contributed by atoms with Crippen LogP contribution in [0, 0.1) is 11.3 Å². The average Bonchev–Trinajstić information content (AvgIpc) is 1.87. The van der Waals surface area contributed by atoms with Gasteiger partial charge in [-0.05, 0) is 5.92 Å². The molecule has 0 saturated heterocycles. The van der Waals surface area contributed by atoms with E-state index in [2.05, 4.69) is 0 Å². The molecular formula is C7H13NO. The molecular weight excluding hydrogens is 114 g/mol. The zero-order valence-electron chi connectivity index (χ0n) is 5.98. The van der Waals surface area contributed by atoms with E-state index >= 15 is 0 Å². The van der Waals surface area contributed by atoms with E-state index in [9.17, 15) is 4.79 Å². The van der Waals surface area contributed by atoms with Crippen LogP contribution < -0.4 is 0 Å². The van der Waals surface area contributed by atoms with E-state index in [1.165, 1.54) is 0 Å². The Morgan fingerprint density at radius 3 is 2.67 bits per heavy atom. The van der Waals surface area contributed by atoms with Crippen LogP contribution in [0.5, 0.6) is 0 Å². The quantitative estimate of drug-likeness (QED) is 0.573. The lowest BCUT2D eigenvalue weighted by molar-refractivity contribution is -0.113. The molecule has 0 bridgehead atoms. The Morgan fingerprint density at radius 1 is 1.78 bits per heavy atom. The molecule has 2 nitrogen and oxygen atoms in total. The van der Waals surface area contributed by atoms with Crippen LogP contribution in [-0.2, 0) is 4.79 Å². The molecule has 1 atom stereocenters. The van der Waals surface area contributed by atoms with Gasteiger partial charge in [-0.15, -0.1) is 0 Å². The monoisotopic (exact) mass is 127 g/mol. The van der Waals surface area contributed by atoms with Gasteiger partial charge >= 0.3 is 0 Å². The Kier molecular flexibility index (Phi) is 3.93. The molecule has 1 N–H and O–H groups in total. The molecule has 0 radical (unpaired) electrons. The maximum atomic E-state index is 10.5. The van der Waals surface area contributed by atoms with Crippen molar-refractivity contribution in [3.8, 4) is 0 Å². The molecule has 0 aromatic heterocycles. The summed E-state index contributed by atoms with van der Waals surface area (Å²) >= 11 is 0. The number of hydrogen-bond acceptors (Lipinski definition) is 2. The number of carbonyl (C=O) groups excluding carboxylic acids is 1. The fraction of sp³-hybridized carbons (Fsp3) is 0.714. The molecule has 52 valence electrons. The molecule has 0 aromatic carbocycles. The third-order valence-electron chi connectivity index (χ3n) is 1.41. The van der Waals surface area contributed by atoms with Crippen molar-refractivity contribution in [2.24, 2.45) is 5.92 Å². The van der Waals surface area contributed by atoms with Crippen molar-refractivity contribution in [3.63, 3.8) is 0 Å². The summed E-state index contributed by atoms with van der Waals surface area (Å²) in [6.07, 6.45) is 2.44. The van der Waals surface area contributed by atoms with Crippen LogP contribution in [0.15, 0.2) is 0 Å². The Morgan fingerprint density at radius 2 is 2.33 bits per heavy atom. The van der Waals surface area contributed by atoms with Crippen molar-refractivity contribution >= 4 is 12.0 Å². The summed E-state index contributed by atoms with van der Waals surface area (Å²) in [5, 5.41) is 6.60. The molecule has 2 heteroatoms. The first-order valence-electron chi connectivity index (χ1n) is 3.24. The van der Waals surface area contributed by atoms with Gasteiger partial charge < -0.3 is 5.41 Å². The summed E-state index contributed by atoms with van der Waals surface area (Å²) in [5.74, 6) is 0.364. The molecule has 0 heterocycles. The van der Waals surface area contributed by atoms with Gasteiger partial charge in [-0.2, -0.15) is 0 Å². The van der Waals surface area contributed by atoms with Gasteiger partial charge in [0.15, 0.2) is 5.78 Å². The summed E-state index contributed by atoms with van der Waals surface area (Å²) in [5.41, 5.74) is 0. The predicted octanol–water partition coefficient (Wildman–Crippen LogP) is 1.64. The van der Waals surface area contributed by atoms with Gasteiger partial charge in [0.05, 0.1) is 6.21 Å². The number of hydrogen-bond donors (Lipinski definition) is 1. The van der Waals surface area contributed by atoms with Crippen LogP contribution in [0.3, 0.4) is 0 Å². The maximum Gasteiger partial charge on any atom is 0.173 e. The molecule has 0 amide bonds. The van der Waals surface area contributed by atoms with Crippen LogP contribution in [0.1, 0.15) is 26.7 Å². The van der Waals surface area contributed by atoms with Gasteiger partial charge in [0, 0.05) is 6.42 Å². The second kappa shape index (κ2) is 4.24. The second-order valence-electron chi connectivity index (χ2n) is 2.33. The lowest BCUT2D eigenvalue weighted by Gasteiger charge is -2.02. The van der Waals surface area contributed by atoms with E-state index in [-0.39, 0.29) is 5.78 Å². The fourth-order valence-corrected chi connectivity index (χ4v) is 0.547. The molecule has 0 aliphatic carbocycles. The lowest BCUT2D eigenvalue weighted by atomic mass is 10.0. The highest BCUT2D eigenvalue weighted by atomic mass is 16.1. The van der Waals surface area contributed by atoms with Crippen molar-refractivity contribution in [1.82, 2.24) is 0 Å². The Balaban J connectivity index is 3.46. The van der Waals surface area contributed by atoms with Crippen LogP contribution in [0.2, 0.25) is 0 Å². The minimum Gasteiger partial charge on any atom is -0.305 e. The van der Waals surface area contributed by atoms with E-state index in [1.54, 1.807) is 0 Å². The number of Topliss-reactive ketones (excluding diaryl/α,β-unsaturated/α-hetero) is 1. The van der Waals surface area contributed by atoms with Crippen LogP contribution in [0.4, 0.5) is 0 Å². The highest BCUT2D eigenvalue weighted by molar-refractivity contribution is 6.26. The number of nitrogens with one attached hydrogen (secondary N) is 1. The Bertz CT molecular complexity index is 109. The minimum atomic E-state index is -0.0654. The van der Waals surface area contributed by atoms with Crippen LogP contribution in [-0.4, -0.2) is 12.0 Å². The summed E-state index contributed by atoms with van der Waals surface area (Å²) in [4.78, 5) is 10.5. The molecule has 0 saturated carbocycles. The Labute approximate surface area is 55.8 Å². The molecule has 9 heavy (non-hydrogen) atoms. The standard InChI is InChI=1S/C7H13NO/c1-3-6(2)4-7(9)5-8/h5-6,8H,3-4H2,1-2H3. The van der Waals surface area contributed by atoms with Crippen molar-refractivity contribution in [2.75, 3.05) is 0 Å². The van der Waals surface area contributed by atoms with Gasteiger partial charge in [0.2, 0.25) is 0 Å². The summed E-state index contributed by atoms with van der Waals surface area (Å²) in [6, 6.07) is 0. The summed E-state index contributed by atoms with van der Waals surface area (Å²) < 4.78 is 0. The Hall–Kier alpha value is -0.660. The maximum absolute atomic E-state index is 10.5. The average molecular weight is 127 g/mol. The predicted molar refractivity (Wildman–Crippen MR) is 37.9 cm³/mol. The van der Waals surface area contributed by atoms with Crippen molar-refractivity contribution in [1.29, 1.82) is 5.41 Å². The van der Waals surface area contributed by atoms with Crippen LogP contribution in [0.25, 0.3) is 0 Å². The topological polar surface area (TPSA) is 40.9 Å². The normalized spacial score (nSPS) is 12.7. The molecule has 0 aliphatic heterocycles. The highest BCUT2D eigenvalue weighted by Crippen LogP contribution is 2.04. The first-order valence-corrected chi connectivity index (χ1v) is 3.24. The second-order valence-corrected chi connectivity index (χ2v) is 2.33. The van der Waals surface area contributed by atoms with Gasteiger partial charge in [0.1, 0.15) is 0 Å². The number of carbonyl (C=O) groups is 1. The number of rotatable bonds is 4. The third kappa shape index (κ3) is 3.88. The molecule has 0 fully saturated rings. The first kappa shape index (κ1) is 8.34. The van der Waals surface area contributed by atoms with Gasteiger partial charge in [-0.3, -0.25) is 4.79 Å². The molecule has 1 unspecified atom stereocenters. The van der Waals surface area contributed by atoms with Crippen molar-refractivity contribution in [3.05, 3.63) is 0 Å². The van der Waals surface area contributed by atoms with Crippen LogP contribution >= 0.6 is 0 Å². The van der Waals surface area contributed by atoms with Gasteiger partial charge in [0.25, 0.3) is 0 Å². The number of ketones is 1. The first-order chi connectivity index (χ1) is 4.20. The summed E-state index contributed by atoms with van der Waals surface area (Å²) in [7, 11) is 0. The largest absolute Gasteiger partial charge is 0.305 e. The van der Waals surface area contributed by atoms with E-state index in [0.717, 1.165) is 12.6 Å². The fourth-order valence-electron chi connectivity index (χ4n) is 0.547. The van der Waals surface area contributed by atoms with E-state index < -0.39 is 0 Å². The SMILES string of the molecule is CCC(C)CC(=O)C=N. The smallest absolute Gasteiger partial charge is 0.173 e. The molecule has 0 spiro atoms. The zero-order valence-corrected chi connectivity index (χ0v) is 5.98. The van der Waals surface area contributed by atoms with E-state index in [1.807, 2.05) is 13.8 Å². The van der Waals surface area contributed by atoms with Gasteiger partial charge in [-0.25, -0.2) is 0 Å². The van der Waals surface area contributed by atoms with E-state index in [0.29, 0.717) is 12.3 Å². The lowest BCUT2D eigenvalue weighted by Crippen LogP contribution is -2.04. The molecule has 0 aliphatic rings.